The van der Waals surface area contributed by atoms with Gasteiger partial charge in [0.15, 0.2) is 6.29 Å². The number of hydrogen-bond acceptors (Lipinski definition) is 5. The summed E-state index contributed by atoms with van der Waals surface area (Å²) in [7, 11) is 1.67. The molecular weight excluding hydrogens is 452 g/mol. The molecule has 1 aromatic rings. The topological polar surface area (TPSA) is 65.0 Å². The molecule has 3 aliphatic rings. The standard InChI is InChI=1S/C31H48O5/c1-29(2,33)19-7-9-21(24-16-17-25-26(32)10-8-20-31(24,25)5)13-18-27-30(3,4)36-28(35-27)22-11-14-23(34-6)15-12-22/h11-12,14-15,21,24-25,27-28,33H,7-10,13,16-20H2,1-6H3/t21-,24?,25?,27?,28?,31+/m0/s1. The summed E-state index contributed by atoms with van der Waals surface area (Å²) < 4.78 is 18.2. The lowest BCUT2D eigenvalue weighted by atomic mass is 9.61. The molecule has 4 rings (SSSR count). The molecule has 0 amide bonds. The molecule has 36 heavy (non-hydrogen) atoms. The van der Waals surface area contributed by atoms with Crippen molar-refractivity contribution in [3.05, 3.63) is 29.8 Å². The van der Waals surface area contributed by atoms with E-state index in [1.165, 1.54) is 6.42 Å². The normalized spacial score (nSPS) is 32.9. The summed E-state index contributed by atoms with van der Waals surface area (Å²) in [6.45, 7) is 10.5. The van der Waals surface area contributed by atoms with Crippen LogP contribution in [0.1, 0.15) is 111 Å². The fraction of sp³-hybridized carbons (Fsp3) is 0.774. The van der Waals surface area contributed by atoms with Crippen molar-refractivity contribution < 1.29 is 24.1 Å². The van der Waals surface area contributed by atoms with E-state index in [2.05, 4.69) is 20.8 Å². The summed E-state index contributed by atoms with van der Waals surface area (Å²) >= 11 is 0. The van der Waals surface area contributed by atoms with E-state index < -0.39 is 5.60 Å². The average molecular weight is 501 g/mol. The highest BCUT2D eigenvalue weighted by atomic mass is 16.7. The SMILES string of the molecule is COc1ccc(C2OC(CC[C@H](CCCC(C)(C)O)C3CCC4C(=O)CCC[C@@]43C)C(C)(C)O2)cc1. The Balaban J connectivity index is 1.45. The molecule has 3 fully saturated rings. The molecule has 1 N–H and O–H groups in total. The molecule has 1 aliphatic heterocycles. The number of carbonyl (C=O) groups is 1. The van der Waals surface area contributed by atoms with E-state index in [4.69, 9.17) is 14.2 Å². The molecule has 5 nitrogen and oxygen atoms in total. The number of carbonyl (C=O) groups excluding carboxylic acids is 1. The lowest BCUT2D eigenvalue weighted by Crippen LogP contribution is -2.40. The average Bonchev–Trinajstić information content (AvgIpc) is 3.32. The molecule has 5 heteroatoms. The quantitative estimate of drug-likeness (QED) is 0.374. The molecule has 6 atom stereocenters. The maximum atomic E-state index is 12.8. The molecule has 0 bridgehead atoms. The van der Waals surface area contributed by atoms with Crippen LogP contribution >= 0.6 is 0 Å². The Morgan fingerprint density at radius 2 is 1.86 bits per heavy atom. The zero-order chi connectivity index (χ0) is 26.1. The molecule has 1 heterocycles. The van der Waals surface area contributed by atoms with Gasteiger partial charge >= 0.3 is 0 Å². The van der Waals surface area contributed by atoms with Crippen molar-refractivity contribution in [2.24, 2.45) is 23.2 Å². The van der Waals surface area contributed by atoms with Gasteiger partial charge in [0.1, 0.15) is 11.5 Å². The van der Waals surface area contributed by atoms with Crippen LogP contribution < -0.4 is 4.74 Å². The Morgan fingerprint density at radius 3 is 2.53 bits per heavy atom. The van der Waals surface area contributed by atoms with Crippen LogP contribution in [0.15, 0.2) is 24.3 Å². The number of ketones is 1. The summed E-state index contributed by atoms with van der Waals surface area (Å²) in [6, 6.07) is 7.93. The predicted octanol–water partition coefficient (Wildman–Crippen LogP) is 7.01. The second kappa shape index (κ2) is 10.7. The van der Waals surface area contributed by atoms with E-state index in [1.807, 2.05) is 38.1 Å². The summed E-state index contributed by atoms with van der Waals surface area (Å²) in [5.74, 6) is 2.67. The zero-order valence-corrected chi connectivity index (χ0v) is 23.3. The Hall–Kier alpha value is -1.43. The predicted molar refractivity (Wildman–Crippen MR) is 142 cm³/mol. The lowest BCUT2D eigenvalue weighted by molar-refractivity contribution is -0.130. The summed E-state index contributed by atoms with van der Waals surface area (Å²) in [5, 5.41) is 10.3. The second-order valence-electron chi connectivity index (χ2n) is 13.1. The number of benzene rings is 1. The third kappa shape index (κ3) is 6.00. The maximum absolute atomic E-state index is 12.8. The molecule has 2 saturated carbocycles. The van der Waals surface area contributed by atoms with Crippen LogP contribution in [-0.4, -0.2) is 35.3 Å². The first-order valence-electron chi connectivity index (χ1n) is 14.2. The molecule has 0 aromatic heterocycles. The van der Waals surface area contributed by atoms with Crippen LogP contribution in [0.5, 0.6) is 5.75 Å². The summed E-state index contributed by atoms with van der Waals surface area (Å²) in [6.07, 6.45) is 9.76. The third-order valence-electron chi connectivity index (χ3n) is 9.53. The van der Waals surface area contributed by atoms with Crippen LogP contribution in [0.4, 0.5) is 0 Å². The van der Waals surface area contributed by atoms with Crippen LogP contribution in [0.3, 0.4) is 0 Å². The number of ether oxygens (including phenoxy) is 3. The first-order chi connectivity index (χ1) is 16.9. The van der Waals surface area contributed by atoms with Crippen LogP contribution in [-0.2, 0) is 14.3 Å². The van der Waals surface area contributed by atoms with Crippen molar-refractivity contribution in [1.29, 1.82) is 0 Å². The molecular formula is C31H48O5. The largest absolute Gasteiger partial charge is 0.497 e. The number of methoxy groups -OCH3 is 1. The Morgan fingerprint density at radius 1 is 1.14 bits per heavy atom. The first kappa shape index (κ1) is 27.6. The van der Waals surface area contributed by atoms with Crippen molar-refractivity contribution in [3.8, 4) is 5.75 Å². The fourth-order valence-electron chi connectivity index (χ4n) is 7.47. The molecule has 0 radical (unpaired) electrons. The highest BCUT2D eigenvalue weighted by molar-refractivity contribution is 5.83. The van der Waals surface area contributed by atoms with E-state index in [0.717, 1.165) is 69.1 Å². The van der Waals surface area contributed by atoms with Gasteiger partial charge in [-0.25, -0.2) is 0 Å². The van der Waals surface area contributed by atoms with Crippen LogP contribution in [0.25, 0.3) is 0 Å². The minimum Gasteiger partial charge on any atom is -0.497 e. The number of fused-ring (bicyclic) bond motifs is 1. The number of hydrogen-bond donors (Lipinski definition) is 1. The van der Waals surface area contributed by atoms with E-state index in [-0.39, 0.29) is 29.3 Å². The van der Waals surface area contributed by atoms with Gasteiger partial charge in [-0.05, 0) is 102 Å². The lowest BCUT2D eigenvalue weighted by Gasteiger charge is -2.43. The zero-order valence-electron chi connectivity index (χ0n) is 23.3. The van der Waals surface area contributed by atoms with Crippen molar-refractivity contribution in [3.63, 3.8) is 0 Å². The van der Waals surface area contributed by atoms with Gasteiger partial charge in [-0.15, -0.1) is 0 Å². The third-order valence-corrected chi connectivity index (χ3v) is 9.53. The van der Waals surface area contributed by atoms with Crippen molar-refractivity contribution in [2.75, 3.05) is 7.11 Å². The van der Waals surface area contributed by atoms with Gasteiger partial charge in [0.25, 0.3) is 0 Å². The van der Waals surface area contributed by atoms with Gasteiger partial charge in [0.05, 0.1) is 24.4 Å². The molecule has 2 aliphatic carbocycles. The number of Topliss-reactive ketones (excluding diaryl/α,β-unsaturated/α-hetero) is 1. The van der Waals surface area contributed by atoms with E-state index >= 15 is 0 Å². The van der Waals surface area contributed by atoms with Crippen molar-refractivity contribution >= 4 is 5.78 Å². The Kier molecular flexibility index (Phi) is 8.24. The number of aliphatic hydroxyl groups is 1. The van der Waals surface area contributed by atoms with Crippen LogP contribution in [0, 0.1) is 23.2 Å². The maximum Gasteiger partial charge on any atom is 0.185 e. The highest BCUT2D eigenvalue weighted by Crippen LogP contribution is 2.58. The smallest absolute Gasteiger partial charge is 0.185 e. The van der Waals surface area contributed by atoms with Crippen LogP contribution in [0.2, 0.25) is 0 Å². The second-order valence-corrected chi connectivity index (χ2v) is 13.1. The van der Waals surface area contributed by atoms with Gasteiger partial charge < -0.3 is 19.3 Å². The van der Waals surface area contributed by atoms with Crippen molar-refractivity contribution in [2.45, 2.75) is 122 Å². The molecule has 1 aromatic carbocycles. The minimum absolute atomic E-state index is 0.0133. The fourth-order valence-corrected chi connectivity index (χ4v) is 7.47. The Labute approximate surface area is 218 Å². The number of rotatable bonds is 10. The first-order valence-corrected chi connectivity index (χ1v) is 14.2. The minimum atomic E-state index is -0.635. The van der Waals surface area contributed by atoms with E-state index in [1.54, 1.807) is 7.11 Å². The van der Waals surface area contributed by atoms with Crippen molar-refractivity contribution in [1.82, 2.24) is 0 Å². The van der Waals surface area contributed by atoms with Gasteiger partial charge in [-0.1, -0.05) is 31.9 Å². The molecule has 1 saturated heterocycles. The van der Waals surface area contributed by atoms with Gasteiger partial charge in [-0.2, -0.15) is 0 Å². The van der Waals surface area contributed by atoms with E-state index in [0.29, 0.717) is 17.6 Å². The van der Waals surface area contributed by atoms with E-state index in [9.17, 15) is 9.90 Å². The summed E-state index contributed by atoms with van der Waals surface area (Å²) in [4.78, 5) is 12.8. The highest BCUT2D eigenvalue weighted by Gasteiger charge is 2.53. The molecule has 4 unspecified atom stereocenters. The molecule has 202 valence electrons. The van der Waals surface area contributed by atoms with Gasteiger partial charge in [0, 0.05) is 17.9 Å². The Bertz CT molecular complexity index is 885. The van der Waals surface area contributed by atoms with Gasteiger partial charge in [0.2, 0.25) is 0 Å². The van der Waals surface area contributed by atoms with Gasteiger partial charge in [-0.3, -0.25) is 4.79 Å². The molecule has 0 spiro atoms. The summed E-state index contributed by atoms with van der Waals surface area (Å²) in [5.41, 5.74) is 0.136. The monoisotopic (exact) mass is 500 g/mol.